The molecule has 0 bridgehead atoms. The zero-order valence-electron chi connectivity index (χ0n) is 15.9. The van der Waals surface area contributed by atoms with Gasteiger partial charge in [-0.1, -0.05) is 59.6 Å². The number of rotatable bonds is 4. The van der Waals surface area contributed by atoms with E-state index >= 15 is 0 Å². The number of nitrogens with zero attached hydrogens (tertiary/aromatic N) is 2. The summed E-state index contributed by atoms with van der Waals surface area (Å²) in [7, 11) is 0. The van der Waals surface area contributed by atoms with Crippen molar-refractivity contribution in [3.8, 4) is 28.1 Å². The largest absolute Gasteiger partial charge is 0.476 e. The van der Waals surface area contributed by atoms with Crippen LogP contribution in [0.2, 0.25) is 10.0 Å². The highest BCUT2D eigenvalue weighted by Gasteiger charge is 2.20. The maximum Gasteiger partial charge on any atom is 0.356 e. The van der Waals surface area contributed by atoms with Crippen molar-refractivity contribution in [2.24, 2.45) is 0 Å². The maximum absolute atomic E-state index is 11.6. The molecule has 0 spiro atoms. The molecular formula is C23H17Cl2N3O2. The first-order chi connectivity index (χ1) is 14.3. The number of carbonyl (C=O) groups is 1. The Labute approximate surface area is 183 Å². The van der Waals surface area contributed by atoms with E-state index in [9.17, 15) is 9.90 Å². The van der Waals surface area contributed by atoms with E-state index in [0.717, 1.165) is 22.3 Å². The smallest absolute Gasteiger partial charge is 0.356 e. The fraction of sp³-hybridized carbons (Fsp3) is 0.0435. The van der Waals surface area contributed by atoms with Crippen LogP contribution in [0.5, 0.6) is 0 Å². The molecule has 7 heteroatoms. The molecule has 1 heterocycles. The molecular weight excluding hydrogens is 421 g/mol. The first-order valence-corrected chi connectivity index (χ1v) is 9.85. The third kappa shape index (κ3) is 3.65. The number of para-hydroxylation sites is 1. The molecule has 0 aliphatic rings. The van der Waals surface area contributed by atoms with Crippen molar-refractivity contribution in [2.75, 3.05) is 5.73 Å². The van der Waals surface area contributed by atoms with Gasteiger partial charge in [0.25, 0.3) is 0 Å². The highest BCUT2D eigenvalue weighted by molar-refractivity contribution is 6.37. The van der Waals surface area contributed by atoms with Crippen LogP contribution in [0.3, 0.4) is 0 Å². The summed E-state index contributed by atoms with van der Waals surface area (Å²) in [5.74, 6) is -1.13. The number of carboxylic acid groups (broad SMARTS) is 1. The lowest BCUT2D eigenvalue weighted by atomic mass is 9.98. The number of hydrogen-bond donors (Lipinski definition) is 2. The predicted molar refractivity (Wildman–Crippen MR) is 121 cm³/mol. The van der Waals surface area contributed by atoms with Gasteiger partial charge in [0, 0.05) is 11.3 Å². The molecule has 1 aromatic heterocycles. The number of halogens is 2. The average molecular weight is 438 g/mol. The molecule has 0 fully saturated rings. The van der Waals surface area contributed by atoms with Gasteiger partial charge in [-0.15, -0.1) is 0 Å². The van der Waals surface area contributed by atoms with E-state index in [1.807, 2.05) is 49.4 Å². The predicted octanol–water partition coefficient (Wildman–Crippen LogP) is 6.10. The third-order valence-corrected chi connectivity index (χ3v) is 5.41. The van der Waals surface area contributed by atoms with Crippen LogP contribution in [-0.4, -0.2) is 20.9 Å². The fourth-order valence-electron chi connectivity index (χ4n) is 3.39. The number of nitrogen functional groups attached to an aromatic ring is 1. The van der Waals surface area contributed by atoms with E-state index in [-0.39, 0.29) is 5.69 Å². The molecule has 150 valence electrons. The third-order valence-electron chi connectivity index (χ3n) is 4.80. The summed E-state index contributed by atoms with van der Waals surface area (Å²) in [6.07, 6.45) is 0. The summed E-state index contributed by atoms with van der Waals surface area (Å²) < 4.78 is 1.48. The highest BCUT2D eigenvalue weighted by Crippen LogP contribution is 2.35. The zero-order valence-corrected chi connectivity index (χ0v) is 17.4. The second-order valence-electron chi connectivity index (χ2n) is 6.86. The summed E-state index contributed by atoms with van der Waals surface area (Å²) >= 11 is 12.7. The molecule has 0 unspecified atom stereocenters. The lowest BCUT2D eigenvalue weighted by Crippen LogP contribution is -2.04. The normalized spacial score (nSPS) is 10.9. The van der Waals surface area contributed by atoms with Crippen molar-refractivity contribution in [2.45, 2.75) is 6.92 Å². The minimum absolute atomic E-state index is 0.0969. The quantitative estimate of drug-likeness (QED) is 0.377. The van der Waals surface area contributed by atoms with Gasteiger partial charge >= 0.3 is 5.97 Å². The van der Waals surface area contributed by atoms with Crippen LogP contribution in [0.15, 0.2) is 66.7 Å². The molecule has 3 aromatic carbocycles. The van der Waals surface area contributed by atoms with E-state index in [1.165, 1.54) is 10.7 Å². The van der Waals surface area contributed by atoms with Gasteiger partial charge in [0.15, 0.2) is 5.69 Å². The van der Waals surface area contributed by atoms with E-state index in [4.69, 9.17) is 28.9 Å². The standard InChI is InChI=1S/C23H17Cl2N3O2/c1-13-10-15(14-4-2-5-16(26)11-14)8-9-17(13)21-12-20(23(29)30)27-28(21)22-18(24)6-3-7-19(22)25/h2-12H,26H2,1H3,(H,29,30). The Bertz CT molecular complexity index is 1260. The van der Waals surface area contributed by atoms with Gasteiger partial charge in [0.05, 0.1) is 15.7 Å². The zero-order chi connectivity index (χ0) is 21.4. The minimum Gasteiger partial charge on any atom is -0.476 e. The average Bonchev–Trinajstić information content (AvgIpc) is 3.13. The first kappa shape index (κ1) is 20.0. The minimum atomic E-state index is -1.13. The van der Waals surface area contributed by atoms with Crippen LogP contribution in [0.1, 0.15) is 16.1 Å². The van der Waals surface area contributed by atoms with Gasteiger partial charge in [-0.3, -0.25) is 0 Å². The molecule has 0 atom stereocenters. The Morgan fingerprint density at radius 3 is 2.27 bits per heavy atom. The lowest BCUT2D eigenvalue weighted by Gasteiger charge is -2.14. The van der Waals surface area contributed by atoms with Gasteiger partial charge in [-0.2, -0.15) is 5.10 Å². The van der Waals surface area contributed by atoms with E-state index in [2.05, 4.69) is 5.10 Å². The summed E-state index contributed by atoms with van der Waals surface area (Å²) in [6, 6.07) is 20.2. The van der Waals surface area contributed by atoms with Crippen molar-refractivity contribution in [1.82, 2.24) is 9.78 Å². The van der Waals surface area contributed by atoms with Gasteiger partial charge in [-0.25, -0.2) is 9.48 Å². The summed E-state index contributed by atoms with van der Waals surface area (Å²) in [5.41, 5.74) is 11.3. The van der Waals surface area contributed by atoms with Crippen LogP contribution >= 0.6 is 23.2 Å². The first-order valence-electron chi connectivity index (χ1n) is 9.10. The number of aromatic carboxylic acids is 1. The molecule has 3 N–H and O–H groups in total. The molecule has 0 saturated carbocycles. The van der Waals surface area contributed by atoms with Crippen molar-refractivity contribution in [3.63, 3.8) is 0 Å². The van der Waals surface area contributed by atoms with Crippen LogP contribution in [0.4, 0.5) is 5.69 Å². The van der Waals surface area contributed by atoms with Crippen LogP contribution in [0, 0.1) is 6.92 Å². The van der Waals surface area contributed by atoms with Crippen molar-refractivity contribution in [1.29, 1.82) is 0 Å². The van der Waals surface area contributed by atoms with Gasteiger partial charge in [0.2, 0.25) is 0 Å². The number of carboxylic acids is 1. The molecule has 0 aliphatic carbocycles. The molecule has 4 rings (SSSR count). The Kier molecular flexibility index (Phi) is 5.24. The lowest BCUT2D eigenvalue weighted by molar-refractivity contribution is 0.0690. The Morgan fingerprint density at radius 2 is 1.63 bits per heavy atom. The van der Waals surface area contributed by atoms with E-state index in [0.29, 0.717) is 27.1 Å². The molecule has 30 heavy (non-hydrogen) atoms. The Morgan fingerprint density at radius 1 is 0.967 bits per heavy atom. The van der Waals surface area contributed by atoms with Gasteiger partial charge in [-0.05, 0) is 53.9 Å². The SMILES string of the molecule is Cc1cc(-c2cccc(N)c2)ccc1-c1cc(C(=O)O)nn1-c1c(Cl)cccc1Cl. The number of anilines is 1. The summed E-state index contributed by atoms with van der Waals surface area (Å²) in [5, 5.41) is 14.5. The Balaban J connectivity index is 1.89. The fourth-order valence-corrected chi connectivity index (χ4v) is 3.95. The second kappa shape index (κ2) is 7.86. The van der Waals surface area contributed by atoms with Crippen LogP contribution < -0.4 is 5.73 Å². The van der Waals surface area contributed by atoms with Gasteiger partial charge in [0.1, 0.15) is 5.69 Å². The number of aryl methyl sites for hydroxylation is 1. The van der Waals surface area contributed by atoms with E-state index in [1.54, 1.807) is 18.2 Å². The van der Waals surface area contributed by atoms with Crippen LogP contribution in [-0.2, 0) is 0 Å². The molecule has 5 nitrogen and oxygen atoms in total. The highest BCUT2D eigenvalue weighted by atomic mass is 35.5. The monoisotopic (exact) mass is 437 g/mol. The molecule has 4 aromatic rings. The van der Waals surface area contributed by atoms with Gasteiger partial charge < -0.3 is 10.8 Å². The maximum atomic E-state index is 11.6. The summed E-state index contributed by atoms with van der Waals surface area (Å²) in [4.78, 5) is 11.6. The molecule has 0 amide bonds. The topological polar surface area (TPSA) is 81.1 Å². The number of benzene rings is 3. The molecule has 0 saturated heterocycles. The number of hydrogen-bond acceptors (Lipinski definition) is 3. The van der Waals surface area contributed by atoms with Crippen molar-refractivity contribution < 1.29 is 9.90 Å². The van der Waals surface area contributed by atoms with Crippen molar-refractivity contribution >= 4 is 34.9 Å². The Hall–Kier alpha value is -3.28. The van der Waals surface area contributed by atoms with Crippen molar-refractivity contribution in [3.05, 3.63) is 88.0 Å². The summed E-state index contributed by atoms with van der Waals surface area (Å²) in [6.45, 7) is 1.96. The molecule has 0 aliphatic heterocycles. The second-order valence-corrected chi connectivity index (χ2v) is 7.67. The van der Waals surface area contributed by atoms with E-state index < -0.39 is 5.97 Å². The molecule has 0 radical (unpaired) electrons. The number of nitrogens with two attached hydrogens (primary N) is 1. The van der Waals surface area contributed by atoms with Crippen LogP contribution in [0.25, 0.3) is 28.1 Å². The number of aromatic nitrogens is 2.